The van der Waals surface area contributed by atoms with Gasteiger partial charge in [-0.25, -0.2) is 0 Å². The standard InChI is InChI=1S/C15H21N3O3/c1-18-13(9-2-3-9)8-12(17-18)14(19)16-11-6-4-10(5-7-11)15(20)21/h8-11H,2-7H2,1H3,(H,16,19)(H,20,21). The molecule has 0 atom stereocenters. The molecule has 0 unspecified atom stereocenters. The van der Waals surface area contributed by atoms with Gasteiger partial charge in [-0.15, -0.1) is 0 Å². The Morgan fingerprint density at radius 2 is 1.90 bits per heavy atom. The second-order valence-corrected chi connectivity index (χ2v) is 6.21. The highest BCUT2D eigenvalue weighted by Crippen LogP contribution is 2.39. The van der Waals surface area contributed by atoms with E-state index in [0.29, 0.717) is 24.5 Å². The second kappa shape index (κ2) is 5.50. The Labute approximate surface area is 123 Å². The molecule has 6 heteroatoms. The van der Waals surface area contributed by atoms with Crippen molar-refractivity contribution < 1.29 is 14.7 Å². The molecule has 1 heterocycles. The first kappa shape index (κ1) is 14.1. The summed E-state index contributed by atoms with van der Waals surface area (Å²) in [6.45, 7) is 0. The lowest BCUT2D eigenvalue weighted by atomic mass is 9.86. The lowest BCUT2D eigenvalue weighted by molar-refractivity contribution is -0.142. The van der Waals surface area contributed by atoms with Crippen molar-refractivity contribution in [2.75, 3.05) is 0 Å². The average molecular weight is 291 g/mol. The molecule has 0 spiro atoms. The predicted molar refractivity (Wildman–Crippen MR) is 76.0 cm³/mol. The van der Waals surface area contributed by atoms with Crippen molar-refractivity contribution in [2.45, 2.75) is 50.5 Å². The van der Waals surface area contributed by atoms with Gasteiger partial charge in [-0.3, -0.25) is 14.3 Å². The summed E-state index contributed by atoms with van der Waals surface area (Å²) >= 11 is 0. The van der Waals surface area contributed by atoms with Crippen LogP contribution >= 0.6 is 0 Å². The van der Waals surface area contributed by atoms with E-state index in [-0.39, 0.29) is 17.9 Å². The zero-order chi connectivity index (χ0) is 15.0. The highest BCUT2D eigenvalue weighted by molar-refractivity contribution is 5.92. The number of nitrogens with zero attached hydrogens (tertiary/aromatic N) is 2. The smallest absolute Gasteiger partial charge is 0.306 e. The van der Waals surface area contributed by atoms with Gasteiger partial charge in [-0.05, 0) is 44.6 Å². The van der Waals surface area contributed by atoms with Crippen LogP contribution < -0.4 is 5.32 Å². The topological polar surface area (TPSA) is 84.2 Å². The molecule has 1 aromatic rings. The third kappa shape index (κ3) is 3.09. The van der Waals surface area contributed by atoms with E-state index < -0.39 is 5.97 Å². The van der Waals surface area contributed by atoms with Gasteiger partial charge in [0.1, 0.15) is 5.69 Å². The van der Waals surface area contributed by atoms with E-state index in [1.807, 2.05) is 13.1 Å². The summed E-state index contributed by atoms with van der Waals surface area (Å²) in [7, 11) is 1.88. The number of nitrogens with one attached hydrogen (secondary N) is 1. The monoisotopic (exact) mass is 291 g/mol. The van der Waals surface area contributed by atoms with Crippen molar-refractivity contribution in [2.24, 2.45) is 13.0 Å². The van der Waals surface area contributed by atoms with Crippen LogP contribution in [0.15, 0.2) is 6.07 Å². The number of aromatic nitrogens is 2. The van der Waals surface area contributed by atoms with Gasteiger partial charge in [0.15, 0.2) is 0 Å². The molecule has 6 nitrogen and oxygen atoms in total. The van der Waals surface area contributed by atoms with Crippen molar-refractivity contribution in [1.82, 2.24) is 15.1 Å². The fraction of sp³-hybridized carbons (Fsp3) is 0.667. The maximum Gasteiger partial charge on any atom is 0.306 e. The van der Waals surface area contributed by atoms with Crippen LogP contribution in [0.4, 0.5) is 0 Å². The first-order valence-corrected chi connectivity index (χ1v) is 7.62. The first-order chi connectivity index (χ1) is 10.0. The Bertz CT molecular complexity index is 555. The Hall–Kier alpha value is -1.85. The number of aryl methyl sites for hydroxylation is 1. The van der Waals surface area contributed by atoms with Crippen LogP contribution in [0.1, 0.15) is 60.6 Å². The zero-order valence-electron chi connectivity index (χ0n) is 12.2. The third-order valence-corrected chi connectivity index (χ3v) is 4.56. The maximum atomic E-state index is 12.2. The van der Waals surface area contributed by atoms with Crippen LogP contribution in [0.2, 0.25) is 0 Å². The van der Waals surface area contributed by atoms with Crippen molar-refractivity contribution >= 4 is 11.9 Å². The van der Waals surface area contributed by atoms with Gasteiger partial charge < -0.3 is 10.4 Å². The molecule has 3 rings (SSSR count). The summed E-state index contributed by atoms with van der Waals surface area (Å²) in [6, 6.07) is 1.95. The largest absolute Gasteiger partial charge is 0.481 e. The highest BCUT2D eigenvalue weighted by atomic mass is 16.4. The van der Waals surface area contributed by atoms with Gasteiger partial charge in [-0.2, -0.15) is 5.10 Å². The van der Waals surface area contributed by atoms with Crippen LogP contribution in [0.5, 0.6) is 0 Å². The molecule has 21 heavy (non-hydrogen) atoms. The van der Waals surface area contributed by atoms with Gasteiger partial charge >= 0.3 is 5.97 Å². The van der Waals surface area contributed by atoms with Crippen LogP contribution in [-0.4, -0.2) is 32.8 Å². The summed E-state index contributed by atoms with van der Waals surface area (Å²) in [6.07, 6.45) is 5.08. The summed E-state index contributed by atoms with van der Waals surface area (Å²) < 4.78 is 1.80. The normalized spacial score (nSPS) is 25.6. The molecule has 2 N–H and O–H groups in total. The minimum atomic E-state index is -0.724. The number of hydrogen-bond acceptors (Lipinski definition) is 3. The Morgan fingerprint density at radius 3 is 2.48 bits per heavy atom. The van der Waals surface area contributed by atoms with Crippen molar-refractivity contribution in [1.29, 1.82) is 0 Å². The molecule has 2 fully saturated rings. The van der Waals surface area contributed by atoms with Crippen LogP contribution in [0, 0.1) is 5.92 Å². The van der Waals surface area contributed by atoms with Gasteiger partial charge in [-0.1, -0.05) is 0 Å². The molecular formula is C15H21N3O3. The lowest BCUT2D eigenvalue weighted by Gasteiger charge is -2.26. The minimum Gasteiger partial charge on any atom is -0.481 e. The SMILES string of the molecule is Cn1nc(C(=O)NC2CCC(C(=O)O)CC2)cc1C1CC1. The third-order valence-electron chi connectivity index (χ3n) is 4.56. The number of carbonyl (C=O) groups excluding carboxylic acids is 1. The number of rotatable bonds is 4. The predicted octanol–water partition coefficient (Wildman–Crippen LogP) is 1.67. The van der Waals surface area contributed by atoms with E-state index in [0.717, 1.165) is 18.5 Å². The number of carbonyl (C=O) groups is 2. The fourth-order valence-corrected chi connectivity index (χ4v) is 3.10. The van der Waals surface area contributed by atoms with Crippen LogP contribution in [0.3, 0.4) is 0 Å². The van der Waals surface area contributed by atoms with Crippen LogP contribution in [0.25, 0.3) is 0 Å². The molecular weight excluding hydrogens is 270 g/mol. The lowest BCUT2D eigenvalue weighted by Crippen LogP contribution is -2.38. The van der Waals surface area contributed by atoms with Crippen molar-refractivity contribution in [3.63, 3.8) is 0 Å². The molecule has 114 valence electrons. The Kier molecular flexibility index (Phi) is 3.69. The number of carboxylic acids is 1. The highest BCUT2D eigenvalue weighted by Gasteiger charge is 2.30. The maximum absolute atomic E-state index is 12.2. The summed E-state index contributed by atoms with van der Waals surface area (Å²) in [4.78, 5) is 23.1. The molecule has 0 saturated heterocycles. The molecule has 2 aliphatic rings. The molecule has 0 bridgehead atoms. The Morgan fingerprint density at radius 1 is 1.24 bits per heavy atom. The number of amides is 1. The zero-order valence-corrected chi connectivity index (χ0v) is 12.2. The molecule has 0 radical (unpaired) electrons. The van der Waals surface area contributed by atoms with E-state index in [4.69, 9.17) is 5.11 Å². The molecule has 0 aromatic carbocycles. The first-order valence-electron chi connectivity index (χ1n) is 7.62. The van der Waals surface area contributed by atoms with Gasteiger partial charge in [0, 0.05) is 24.7 Å². The minimum absolute atomic E-state index is 0.0690. The molecule has 2 aliphatic carbocycles. The van der Waals surface area contributed by atoms with Crippen LogP contribution in [-0.2, 0) is 11.8 Å². The fourth-order valence-electron chi connectivity index (χ4n) is 3.10. The van der Waals surface area contributed by atoms with E-state index in [1.54, 1.807) is 4.68 Å². The number of carboxylic acid groups (broad SMARTS) is 1. The Balaban J connectivity index is 1.57. The van der Waals surface area contributed by atoms with Gasteiger partial charge in [0.2, 0.25) is 0 Å². The van der Waals surface area contributed by atoms with E-state index in [1.165, 1.54) is 12.8 Å². The van der Waals surface area contributed by atoms with Gasteiger partial charge in [0.05, 0.1) is 5.92 Å². The van der Waals surface area contributed by atoms with Gasteiger partial charge in [0.25, 0.3) is 5.91 Å². The van der Waals surface area contributed by atoms with E-state index in [9.17, 15) is 9.59 Å². The summed E-state index contributed by atoms with van der Waals surface area (Å²) in [5.74, 6) is -0.556. The quantitative estimate of drug-likeness (QED) is 0.883. The molecule has 2 saturated carbocycles. The average Bonchev–Trinajstić information content (AvgIpc) is 3.22. The number of hydrogen-bond donors (Lipinski definition) is 2. The molecule has 1 aromatic heterocycles. The van der Waals surface area contributed by atoms with Crippen molar-refractivity contribution in [3.05, 3.63) is 17.5 Å². The molecule has 0 aliphatic heterocycles. The summed E-state index contributed by atoms with van der Waals surface area (Å²) in [5, 5.41) is 16.3. The van der Waals surface area contributed by atoms with E-state index in [2.05, 4.69) is 10.4 Å². The van der Waals surface area contributed by atoms with E-state index >= 15 is 0 Å². The van der Waals surface area contributed by atoms with Crippen molar-refractivity contribution in [3.8, 4) is 0 Å². The molecule has 1 amide bonds. The second-order valence-electron chi connectivity index (χ2n) is 6.21. The summed E-state index contributed by atoms with van der Waals surface area (Å²) in [5.41, 5.74) is 1.61. The number of aliphatic carboxylic acids is 1.